The van der Waals surface area contributed by atoms with Gasteiger partial charge in [0.25, 0.3) is 10.0 Å². The minimum absolute atomic E-state index is 0.104. The summed E-state index contributed by atoms with van der Waals surface area (Å²) in [5.74, 6) is -1.84. The molecule has 0 radical (unpaired) electrons. The van der Waals surface area contributed by atoms with Crippen LogP contribution in [0.3, 0.4) is 0 Å². The first-order chi connectivity index (χ1) is 17.3. The van der Waals surface area contributed by atoms with Gasteiger partial charge in [-0.3, -0.25) is 4.68 Å². The summed E-state index contributed by atoms with van der Waals surface area (Å²) in [6.07, 6.45) is -4.28. The predicted molar refractivity (Wildman–Crippen MR) is 128 cm³/mol. The number of aromatic nitrogens is 2. The van der Waals surface area contributed by atoms with Crippen molar-refractivity contribution in [3.05, 3.63) is 77.0 Å². The Morgan fingerprint density at radius 1 is 1.19 bits per heavy atom. The fourth-order valence-electron chi connectivity index (χ4n) is 3.88. The molecule has 1 aromatic heterocycles. The maximum atomic E-state index is 12.7. The van der Waals surface area contributed by atoms with Gasteiger partial charge in [-0.25, -0.2) is 17.9 Å². The zero-order chi connectivity index (χ0) is 27.4. The zero-order valence-electron chi connectivity index (χ0n) is 20.1. The smallest absolute Gasteiger partial charge is 0.490 e. The zero-order valence-corrected chi connectivity index (χ0v) is 20.9. The van der Waals surface area contributed by atoms with Crippen molar-refractivity contribution >= 4 is 16.0 Å². The van der Waals surface area contributed by atoms with Gasteiger partial charge in [-0.1, -0.05) is 42.5 Å². The van der Waals surface area contributed by atoms with E-state index < -0.39 is 22.2 Å². The van der Waals surface area contributed by atoms with Crippen LogP contribution < -0.4 is 15.2 Å². The summed E-state index contributed by atoms with van der Waals surface area (Å²) in [6, 6.07) is 17.4. The van der Waals surface area contributed by atoms with Crippen LogP contribution in [0, 0.1) is 6.92 Å². The van der Waals surface area contributed by atoms with E-state index in [-0.39, 0.29) is 23.5 Å². The molecule has 2 unspecified atom stereocenters. The molecule has 2 aromatic carbocycles. The van der Waals surface area contributed by atoms with Gasteiger partial charge < -0.3 is 15.6 Å². The lowest BCUT2D eigenvalue weighted by Crippen LogP contribution is -2.39. The van der Waals surface area contributed by atoms with Gasteiger partial charge in [-0.2, -0.15) is 18.3 Å². The molecule has 0 saturated heterocycles. The van der Waals surface area contributed by atoms with Gasteiger partial charge in [0.2, 0.25) is 0 Å². The summed E-state index contributed by atoms with van der Waals surface area (Å²) in [5, 5.41) is 11.4. The first-order valence-corrected chi connectivity index (χ1v) is 12.6. The SMILES string of the molecule is Cc1cc(S(=O)(=O)NCc2ccc3c(c2)C(Cc2ccccc2)C(N)CO3)n(C)n1.O=C(O)C(F)(F)F. The molecule has 0 spiro atoms. The van der Waals surface area contributed by atoms with Crippen molar-refractivity contribution < 1.29 is 36.2 Å². The number of rotatable bonds is 6. The highest BCUT2D eigenvalue weighted by Gasteiger charge is 2.38. The molecule has 2 atom stereocenters. The highest BCUT2D eigenvalue weighted by molar-refractivity contribution is 7.89. The Morgan fingerprint density at radius 2 is 1.84 bits per heavy atom. The average molecular weight is 541 g/mol. The van der Waals surface area contributed by atoms with Gasteiger partial charge in [0.15, 0.2) is 5.03 Å². The van der Waals surface area contributed by atoms with Crippen LogP contribution >= 0.6 is 0 Å². The Bertz CT molecular complexity index is 1340. The van der Waals surface area contributed by atoms with Gasteiger partial charge >= 0.3 is 12.1 Å². The number of halogens is 3. The van der Waals surface area contributed by atoms with Crippen LogP contribution in [0.4, 0.5) is 13.2 Å². The number of fused-ring (bicyclic) bond motifs is 1. The number of nitrogens with zero attached hydrogens (tertiary/aromatic N) is 2. The topological polar surface area (TPSA) is 137 Å². The molecule has 37 heavy (non-hydrogen) atoms. The number of aryl methyl sites for hydroxylation is 2. The summed E-state index contributed by atoms with van der Waals surface area (Å²) in [4.78, 5) is 8.90. The maximum Gasteiger partial charge on any atom is 0.490 e. The molecular weight excluding hydrogens is 513 g/mol. The van der Waals surface area contributed by atoms with E-state index in [0.29, 0.717) is 12.3 Å². The van der Waals surface area contributed by atoms with E-state index in [1.807, 2.05) is 36.4 Å². The van der Waals surface area contributed by atoms with Crippen molar-refractivity contribution in [2.45, 2.75) is 43.1 Å². The predicted octanol–water partition coefficient (Wildman–Crippen LogP) is 2.89. The second-order valence-corrected chi connectivity index (χ2v) is 10.2. The number of carboxylic acid groups (broad SMARTS) is 1. The third kappa shape index (κ3) is 7.31. The molecular formula is C24H27F3N4O5S. The highest BCUT2D eigenvalue weighted by Crippen LogP contribution is 2.36. The number of hydrogen-bond donors (Lipinski definition) is 3. The van der Waals surface area contributed by atoms with Gasteiger partial charge in [-0.15, -0.1) is 0 Å². The number of alkyl halides is 3. The number of aliphatic carboxylic acids is 1. The van der Waals surface area contributed by atoms with Crippen molar-refractivity contribution in [2.75, 3.05) is 6.61 Å². The molecule has 1 aliphatic heterocycles. The van der Waals surface area contributed by atoms with Crippen LogP contribution in [0.15, 0.2) is 59.6 Å². The van der Waals surface area contributed by atoms with Gasteiger partial charge in [0, 0.05) is 25.6 Å². The van der Waals surface area contributed by atoms with E-state index in [9.17, 15) is 21.6 Å². The highest BCUT2D eigenvalue weighted by atomic mass is 32.2. The molecule has 13 heteroatoms. The lowest BCUT2D eigenvalue weighted by Gasteiger charge is -2.32. The minimum Gasteiger partial charge on any atom is -0.492 e. The first kappa shape index (κ1) is 28.2. The van der Waals surface area contributed by atoms with E-state index in [2.05, 4.69) is 22.0 Å². The fraction of sp³-hybridized carbons (Fsp3) is 0.333. The van der Waals surface area contributed by atoms with Crippen LogP contribution in [-0.4, -0.2) is 48.1 Å². The third-order valence-corrected chi connectivity index (χ3v) is 7.12. The van der Waals surface area contributed by atoms with E-state index in [4.69, 9.17) is 20.4 Å². The Kier molecular flexibility index (Phi) is 8.61. The standard InChI is InChI=1S/C22H26N4O3S.C2HF3O2/c1-15-10-22(26(2)25-15)30(27,28)24-13-17-8-9-21-19(12-17)18(20(23)14-29-21)11-16-6-4-3-5-7-16;3-2(4,5)1(6)7/h3-10,12,18,20,24H,11,13-14,23H2,1-2H3;(H,6,7). The van der Waals surface area contributed by atoms with Crippen molar-refractivity contribution in [3.63, 3.8) is 0 Å². The normalized spacial score (nSPS) is 17.2. The molecule has 9 nitrogen and oxygen atoms in total. The summed E-state index contributed by atoms with van der Waals surface area (Å²) < 4.78 is 66.9. The van der Waals surface area contributed by atoms with Crippen LogP contribution in [0.2, 0.25) is 0 Å². The van der Waals surface area contributed by atoms with Crippen molar-refractivity contribution in [2.24, 2.45) is 12.8 Å². The molecule has 0 bridgehead atoms. The molecule has 0 aliphatic carbocycles. The quantitative estimate of drug-likeness (QED) is 0.437. The van der Waals surface area contributed by atoms with Crippen LogP contribution in [-0.2, 0) is 34.8 Å². The van der Waals surface area contributed by atoms with E-state index in [1.54, 1.807) is 20.0 Å². The summed E-state index contributed by atoms with van der Waals surface area (Å²) in [5.41, 5.74) is 10.1. The van der Waals surface area contributed by atoms with Gasteiger partial charge in [0.05, 0.1) is 5.69 Å². The number of carboxylic acids is 1. The second kappa shape index (κ2) is 11.3. The number of sulfonamides is 1. The lowest BCUT2D eigenvalue weighted by molar-refractivity contribution is -0.192. The summed E-state index contributed by atoms with van der Waals surface area (Å²) >= 11 is 0. The number of ether oxygens (including phenoxy) is 1. The first-order valence-electron chi connectivity index (χ1n) is 11.1. The number of hydrogen-bond acceptors (Lipinski definition) is 6. The fourth-order valence-corrected chi connectivity index (χ4v) is 5.10. The molecule has 4 N–H and O–H groups in total. The Balaban J connectivity index is 0.000000479. The monoisotopic (exact) mass is 540 g/mol. The molecule has 3 aromatic rings. The second-order valence-electron chi connectivity index (χ2n) is 8.52. The molecule has 0 fully saturated rings. The van der Waals surface area contributed by atoms with Crippen molar-refractivity contribution in [3.8, 4) is 5.75 Å². The lowest BCUT2D eigenvalue weighted by atomic mass is 9.84. The Labute approximate surface area is 212 Å². The number of nitrogens with two attached hydrogens (primary N) is 1. The van der Waals surface area contributed by atoms with Crippen LogP contribution in [0.5, 0.6) is 5.75 Å². The number of nitrogens with one attached hydrogen (secondary N) is 1. The van der Waals surface area contributed by atoms with E-state index in [0.717, 1.165) is 23.3 Å². The van der Waals surface area contributed by atoms with Crippen LogP contribution in [0.1, 0.15) is 28.3 Å². The number of carbonyl (C=O) groups is 1. The molecule has 1 aliphatic rings. The molecule has 0 amide bonds. The van der Waals surface area contributed by atoms with Crippen molar-refractivity contribution in [1.82, 2.24) is 14.5 Å². The maximum absolute atomic E-state index is 12.7. The average Bonchev–Trinajstić information content (AvgIpc) is 3.19. The Morgan fingerprint density at radius 3 is 2.41 bits per heavy atom. The van der Waals surface area contributed by atoms with Crippen molar-refractivity contribution in [1.29, 1.82) is 0 Å². The minimum atomic E-state index is -5.08. The molecule has 2 heterocycles. The molecule has 200 valence electrons. The van der Waals surface area contributed by atoms with E-state index >= 15 is 0 Å². The molecule has 4 rings (SSSR count). The summed E-state index contributed by atoms with van der Waals surface area (Å²) in [7, 11) is -2.05. The van der Waals surface area contributed by atoms with E-state index in [1.165, 1.54) is 10.2 Å². The molecule has 0 saturated carbocycles. The number of benzene rings is 2. The largest absolute Gasteiger partial charge is 0.492 e. The van der Waals surface area contributed by atoms with Gasteiger partial charge in [0.1, 0.15) is 12.4 Å². The summed E-state index contributed by atoms with van der Waals surface area (Å²) in [6.45, 7) is 2.40. The van der Waals surface area contributed by atoms with Crippen LogP contribution in [0.25, 0.3) is 0 Å². The van der Waals surface area contributed by atoms with Gasteiger partial charge in [-0.05, 0) is 42.2 Å². The Hall–Kier alpha value is -3.42. The third-order valence-electron chi connectivity index (χ3n) is 5.66.